The van der Waals surface area contributed by atoms with Crippen molar-refractivity contribution < 1.29 is 4.74 Å². The molecule has 0 spiro atoms. The quantitative estimate of drug-likeness (QED) is 0.144. The summed E-state index contributed by atoms with van der Waals surface area (Å²) in [6.07, 6.45) is 1.95. The second-order valence-corrected chi connectivity index (χ2v) is 21.8. The molecule has 0 aliphatic carbocycles. The standard InChI is InChI=1S/C70H52N4OS/c1-70(2,3)52-38-39-71-66(42-52)74-63-37-36-59-58-28-10-13-33-65(58)76-69(59)67(63)60-35-34-55(44-64(60)74)75-54-27-16-26-53(43-54)72-45-73(62-32-12-11-31-61(62)72)68-56(50-24-14-22-48(40-50)46-18-6-4-7-19-46)29-17-30-57(68)51-25-15-23-49(41-51)47-20-8-5-9-21-47/h4-44H,45H2,1-3H3. The molecule has 6 heteroatoms. The van der Waals surface area contributed by atoms with Gasteiger partial charge in [-0.1, -0.05) is 178 Å². The minimum atomic E-state index is -0.0456. The van der Waals surface area contributed by atoms with Crippen molar-refractivity contribution in [2.75, 3.05) is 16.5 Å². The fourth-order valence-electron chi connectivity index (χ4n) is 11.4. The van der Waals surface area contributed by atoms with Crippen LogP contribution in [0.1, 0.15) is 26.3 Å². The minimum Gasteiger partial charge on any atom is -0.457 e. The molecule has 0 atom stereocenters. The Kier molecular flexibility index (Phi) is 10.9. The first-order chi connectivity index (χ1) is 37.3. The Morgan fingerprint density at radius 3 is 1.75 bits per heavy atom. The van der Waals surface area contributed by atoms with E-state index in [1.54, 1.807) is 0 Å². The van der Waals surface area contributed by atoms with E-state index in [0.29, 0.717) is 6.67 Å². The SMILES string of the molecule is CC(C)(C)c1ccnc(-n2c3cc(Oc4cccc(N5CN(c6c(-c7cccc(-c8ccccc8)c7)cccc6-c6cccc(-c7ccccc7)c6)c6ccccc65)c4)ccc3c3c4sc5ccccc5c4ccc32)c1. The molecule has 76 heavy (non-hydrogen) atoms. The predicted molar refractivity (Wildman–Crippen MR) is 320 cm³/mol. The van der Waals surface area contributed by atoms with Crippen molar-refractivity contribution in [1.82, 2.24) is 9.55 Å². The monoisotopic (exact) mass is 996 g/mol. The zero-order valence-corrected chi connectivity index (χ0v) is 43.3. The number of hydrogen-bond donors (Lipinski definition) is 0. The first-order valence-corrected chi connectivity index (χ1v) is 26.8. The molecular formula is C70H52N4OS. The van der Waals surface area contributed by atoms with Crippen LogP contribution >= 0.6 is 11.3 Å². The molecular weight excluding hydrogens is 945 g/mol. The largest absolute Gasteiger partial charge is 0.457 e. The van der Waals surface area contributed by atoms with E-state index >= 15 is 0 Å². The molecule has 0 saturated carbocycles. The lowest BCUT2D eigenvalue weighted by Crippen LogP contribution is -2.25. The Labute approximate surface area is 446 Å². The maximum atomic E-state index is 6.96. The summed E-state index contributed by atoms with van der Waals surface area (Å²) in [6.45, 7) is 7.35. The lowest BCUT2D eigenvalue weighted by molar-refractivity contribution is 0.483. The van der Waals surface area contributed by atoms with Gasteiger partial charge in [0.1, 0.15) is 24.0 Å². The molecule has 0 radical (unpaired) electrons. The molecule has 0 fully saturated rings. The van der Waals surface area contributed by atoms with Gasteiger partial charge in [-0.25, -0.2) is 4.98 Å². The normalized spacial score (nSPS) is 12.6. The molecule has 1 aliphatic heterocycles. The summed E-state index contributed by atoms with van der Waals surface area (Å²) in [5.41, 5.74) is 17.2. The van der Waals surface area contributed by atoms with Crippen molar-refractivity contribution in [3.8, 4) is 61.8 Å². The van der Waals surface area contributed by atoms with E-state index in [2.05, 4.69) is 278 Å². The maximum absolute atomic E-state index is 6.96. The topological polar surface area (TPSA) is 33.5 Å². The number of anilines is 4. The van der Waals surface area contributed by atoms with Crippen LogP contribution in [0, 0.1) is 0 Å². The lowest BCUT2D eigenvalue weighted by atomic mass is 9.88. The van der Waals surface area contributed by atoms with Gasteiger partial charge in [-0.2, -0.15) is 0 Å². The van der Waals surface area contributed by atoms with Crippen LogP contribution in [0.2, 0.25) is 0 Å². The van der Waals surface area contributed by atoms with Gasteiger partial charge < -0.3 is 14.5 Å². The van der Waals surface area contributed by atoms with Gasteiger partial charge in [0.15, 0.2) is 0 Å². The van der Waals surface area contributed by atoms with Gasteiger partial charge >= 0.3 is 0 Å². The van der Waals surface area contributed by atoms with E-state index in [9.17, 15) is 0 Å². The average molecular weight is 997 g/mol. The summed E-state index contributed by atoms with van der Waals surface area (Å²) in [6, 6.07) is 87.6. The van der Waals surface area contributed by atoms with Gasteiger partial charge in [-0.3, -0.25) is 4.57 Å². The number of benzene rings is 10. The van der Waals surface area contributed by atoms with E-state index in [1.807, 2.05) is 17.5 Å². The van der Waals surface area contributed by atoms with Gasteiger partial charge in [-0.05, 0) is 117 Å². The van der Waals surface area contributed by atoms with E-state index in [1.165, 1.54) is 58.8 Å². The van der Waals surface area contributed by atoms with E-state index in [4.69, 9.17) is 9.72 Å². The van der Waals surface area contributed by atoms with E-state index < -0.39 is 0 Å². The third-order valence-corrected chi connectivity index (χ3v) is 16.3. The number of aromatic nitrogens is 2. The van der Waals surface area contributed by atoms with Crippen molar-refractivity contribution in [3.63, 3.8) is 0 Å². The number of para-hydroxylation sites is 3. The maximum Gasteiger partial charge on any atom is 0.137 e. The number of pyridine rings is 1. The molecule has 1 aliphatic rings. The second-order valence-electron chi connectivity index (χ2n) is 20.8. The highest BCUT2D eigenvalue weighted by molar-refractivity contribution is 7.26. The molecule has 4 heterocycles. The predicted octanol–water partition coefficient (Wildman–Crippen LogP) is 19.6. The van der Waals surface area contributed by atoms with Gasteiger partial charge in [0.05, 0.1) is 28.1 Å². The van der Waals surface area contributed by atoms with Crippen LogP contribution in [0.15, 0.2) is 249 Å². The average Bonchev–Trinajstić information content (AvgIpc) is 4.22. The summed E-state index contributed by atoms with van der Waals surface area (Å²) in [7, 11) is 0. The number of thiophene rings is 1. The first-order valence-electron chi connectivity index (χ1n) is 26.0. The third kappa shape index (κ3) is 7.88. The molecule has 0 bridgehead atoms. The molecule has 3 aromatic heterocycles. The molecule has 0 saturated heterocycles. The Morgan fingerprint density at radius 1 is 0.447 bits per heavy atom. The number of ether oxygens (including phenoxy) is 1. The van der Waals surface area contributed by atoms with E-state index in [-0.39, 0.29) is 5.41 Å². The summed E-state index contributed by atoms with van der Waals surface area (Å²) < 4.78 is 11.9. The summed E-state index contributed by atoms with van der Waals surface area (Å²) in [5.74, 6) is 2.40. The number of fused-ring (bicyclic) bond motifs is 8. The lowest BCUT2D eigenvalue weighted by Gasteiger charge is -2.27. The highest BCUT2D eigenvalue weighted by Crippen LogP contribution is 2.51. The Balaban J connectivity index is 0.869. The molecule has 0 unspecified atom stereocenters. The molecule has 13 aromatic rings. The van der Waals surface area contributed by atoms with Crippen molar-refractivity contribution in [2.45, 2.75) is 26.2 Å². The summed E-state index contributed by atoms with van der Waals surface area (Å²) >= 11 is 1.86. The third-order valence-electron chi connectivity index (χ3n) is 15.1. The van der Waals surface area contributed by atoms with Crippen LogP contribution in [-0.2, 0) is 5.41 Å². The molecule has 0 amide bonds. The van der Waals surface area contributed by atoms with Crippen LogP contribution < -0.4 is 14.5 Å². The van der Waals surface area contributed by atoms with Crippen LogP contribution in [0.25, 0.3) is 92.3 Å². The fraction of sp³-hybridized carbons (Fsp3) is 0.0714. The van der Waals surface area contributed by atoms with Gasteiger partial charge in [0.2, 0.25) is 0 Å². The van der Waals surface area contributed by atoms with E-state index in [0.717, 1.165) is 73.4 Å². The Morgan fingerprint density at radius 2 is 1.04 bits per heavy atom. The van der Waals surface area contributed by atoms with Crippen molar-refractivity contribution in [1.29, 1.82) is 0 Å². The molecule has 10 aromatic carbocycles. The van der Waals surface area contributed by atoms with Crippen LogP contribution in [0.4, 0.5) is 22.7 Å². The van der Waals surface area contributed by atoms with Gasteiger partial charge in [-0.15, -0.1) is 11.3 Å². The molecule has 14 rings (SSSR count). The first kappa shape index (κ1) is 45.4. The summed E-state index contributed by atoms with van der Waals surface area (Å²) in [4.78, 5) is 9.94. The number of hydrogen-bond acceptors (Lipinski definition) is 5. The fourth-order valence-corrected chi connectivity index (χ4v) is 12.6. The van der Waals surface area contributed by atoms with Crippen molar-refractivity contribution in [2.24, 2.45) is 0 Å². The Hall–Kier alpha value is -9.23. The van der Waals surface area contributed by atoms with Crippen LogP contribution in [-0.4, -0.2) is 16.2 Å². The molecule has 364 valence electrons. The number of rotatable bonds is 9. The van der Waals surface area contributed by atoms with Gasteiger partial charge in [0, 0.05) is 66.1 Å². The number of nitrogens with zero attached hydrogens (tertiary/aromatic N) is 4. The van der Waals surface area contributed by atoms with Crippen LogP contribution in [0.3, 0.4) is 0 Å². The van der Waals surface area contributed by atoms with Crippen molar-refractivity contribution >= 4 is 76.1 Å². The van der Waals surface area contributed by atoms with Crippen molar-refractivity contribution in [3.05, 3.63) is 254 Å². The second kappa shape index (κ2) is 18.3. The molecule has 0 N–H and O–H groups in total. The molecule has 5 nitrogen and oxygen atoms in total. The Bertz CT molecular complexity index is 4260. The summed E-state index contributed by atoms with van der Waals surface area (Å²) in [5, 5.41) is 4.97. The highest BCUT2D eigenvalue weighted by Gasteiger charge is 2.32. The minimum absolute atomic E-state index is 0.0456. The van der Waals surface area contributed by atoms with Crippen LogP contribution in [0.5, 0.6) is 11.5 Å². The smallest absolute Gasteiger partial charge is 0.137 e. The zero-order valence-electron chi connectivity index (χ0n) is 42.5. The zero-order chi connectivity index (χ0) is 50.9. The van der Waals surface area contributed by atoms with Gasteiger partial charge in [0.25, 0.3) is 0 Å². The highest BCUT2D eigenvalue weighted by atomic mass is 32.1.